The highest BCUT2D eigenvalue weighted by atomic mass is 16.6. The number of urea groups is 2. The molecule has 20 heavy (non-hydrogen) atoms. The molecule has 0 bridgehead atoms. The van der Waals surface area contributed by atoms with Crippen LogP contribution in [0.25, 0.3) is 0 Å². The molecule has 0 saturated carbocycles. The summed E-state index contributed by atoms with van der Waals surface area (Å²) in [6.45, 7) is 6.08. The van der Waals surface area contributed by atoms with Crippen LogP contribution in [0.15, 0.2) is 0 Å². The molecule has 0 aromatic heterocycles. The Bertz CT molecular complexity index is 452. The van der Waals surface area contributed by atoms with Crippen molar-refractivity contribution in [2.24, 2.45) is 0 Å². The molecule has 0 radical (unpaired) electrons. The van der Waals surface area contributed by atoms with Gasteiger partial charge in [-0.1, -0.05) is 0 Å². The number of nitrogens with zero attached hydrogens (tertiary/aromatic N) is 2. The maximum Gasteiger partial charge on any atom is 0.321 e. The van der Waals surface area contributed by atoms with E-state index in [-0.39, 0.29) is 24.3 Å². The molecule has 8 heteroatoms. The van der Waals surface area contributed by atoms with Gasteiger partial charge in [0, 0.05) is 0 Å². The quantitative estimate of drug-likeness (QED) is 0.665. The van der Waals surface area contributed by atoms with Gasteiger partial charge in [0.2, 0.25) is 0 Å². The topological polar surface area (TPSA) is 89.7 Å². The van der Waals surface area contributed by atoms with E-state index < -0.39 is 11.3 Å². The Morgan fingerprint density at radius 1 is 1.05 bits per heavy atom. The van der Waals surface area contributed by atoms with Crippen LogP contribution in [0.5, 0.6) is 0 Å². The Labute approximate surface area is 116 Å². The number of hydrogen-bond acceptors (Lipinski definition) is 4. The van der Waals surface area contributed by atoms with Crippen LogP contribution in [0.2, 0.25) is 0 Å². The van der Waals surface area contributed by atoms with E-state index in [1.807, 2.05) is 13.8 Å². The molecule has 8 nitrogen and oxygen atoms in total. The molecule has 110 valence electrons. The lowest BCUT2D eigenvalue weighted by Gasteiger charge is -2.42. The van der Waals surface area contributed by atoms with Gasteiger partial charge in [-0.25, -0.2) is 9.59 Å². The lowest BCUT2D eigenvalue weighted by Crippen LogP contribution is -2.64. The summed E-state index contributed by atoms with van der Waals surface area (Å²) in [5.41, 5.74) is -1.55. The van der Waals surface area contributed by atoms with Crippen LogP contribution in [0.1, 0.15) is 13.8 Å². The molecule has 0 spiro atoms. The second-order valence-corrected chi connectivity index (χ2v) is 6.14. The Morgan fingerprint density at radius 3 is 1.80 bits per heavy atom. The second-order valence-electron chi connectivity index (χ2n) is 6.14. The van der Waals surface area contributed by atoms with Crippen molar-refractivity contribution in [3.63, 3.8) is 0 Å². The zero-order valence-corrected chi connectivity index (χ0v) is 11.5. The molecule has 4 fully saturated rings. The van der Waals surface area contributed by atoms with Crippen LogP contribution < -0.4 is 10.6 Å². The first kappa shape index (κ1) is 12.2. The van der Waals surface area contributed by atoms with E-state index in [1.54, 1.807) is 9.80 Å². The van der Waals surface area contributed by atoms with Gasteiger partial charge >= 0.3 is 12.1 Å². The van der Waals surface area contributed by atoms with E-state index in [9.17, 15) is 9.59 Å². The molecule has 4 aliphatic rings. The highest BCUT2D eigenvalue weighted by molar-refractivity contribution is 5.88. The van der Waals surface area contributed by atoms with E-state index in [0.29, 0.717) is 26.3 Å². The molecule has 0 aromatic carbocycles. The third-order valence-electron chi connectivity index (χ3n) is 4.78. The number of carbonyl (C=O) groups is 2. The van der Waals surface area contributed by atoms with Crippen LogP contribution in [0, 0.1) is 0 Å². The van der Waals surface area contributed by atoms with Crippen LogP contribution in [0.3, 0.4) is 0 Å². The van der Waals surface area contributed by atoms with Crippen LogP contribution in [-0.2, 0) is 9.47 Å². The molecule has 4 aliphatic heterocycles. The average Bonchev–Trinajstić information content (AvgIpc) is 3.23. The fourth-order valence-electron chi connectivity index (χ4n) is 3.19. The minimum atomic E-state index is -0.801. The fraction of sp³-hybridized carbons (Fsp3) is 0.833. The average molecular weight is 282 g/mol. The predicted octanol–water partition coefficient (Wildman–Crippen LogP) is -0.733. The van der Waals surface area contributed by atoms with Crippen molar-refractivity contribution in [1.82, 2.24) is 20.4 Å². The lowest BCUT2D eigenvalue weighted by atomic mass is 9.97. The molecule has 4 heterocycles. The molecule has 4 amide bonds. The summed E-state index contributed by atoms with van der Waals surface area (Å²) >= 11 is 0. The van der Waals surface area contributed by atoms with Crippen molar-refractivity contribution in [3.05, 3.63) is 0 Å². The first-order valence-electron chi connectivity index (χ1n) is 6.87. The molecular weight excluding hydrogens is 264 g/mol. The summed E-state index contributed by atoms with van der Waals surface area (Å²) in [7, 11) is 0. The van der Waals surface area contributed by atoms with E-state index >= 15 is 0 Å². The Hall–Kier alpha value is -1.54. The molecule has 4 rings (SSSR count). The molecule has 0 aromatic rings. The maximum atomic E-state index is 12.3. The minimum absolute atomic E-state index is 0.0784. The second kappa shape index (κ2) is 3.56. The number of amides is 4. The Morgan fingerprint density at radius 2 is 1.45 bits per heavy atom. The molecule has 2 atom stereocenters. The molecule has 2 N–H and O–H groups in total. The summed E-state index contributed by atoms with van der Waals surface area (Å²) in [6.07, 6.45) is 0.157. The lowest BCUT2D eigenvalue weighted by molar-refractivity contribution is 0.0111. The van der Waals surface area contributed by atoms with Gasteiger partial charge in [-0.2, -0.15) is 0 Å². The number of ether oxygens (including phenoxy) is 2. The van der Waals surface area contributed by atoms with Crippen molar-refractivity contribution < 1.29 is 19.1 Å². The zero-order valence-electron chi connectivity index (χ0n) is 11.5. The molecule has 0 aliphatic carbocycles. The van der Waals surface area contributed by atoms with Crippen LogP contribution in [0.4, 0.5) is 9.59 Å². The maximum absolute atomic E-state index is 12.3. The summed E-state index contributed by atoms with van der Waals surface area (Å²) < 4.78 is 10.5. The smallest absolute Gasteiger partial charge is 0.321 e. The Balaban J connectivity index is 1.68. The van der Waals surface area contributed by atoms with Gasteiger partial charge < -0.3 is 20.1 Å². The van der Waals surface area contributed by atoms with Gasteiger partial charge in [0.15, 0.2) is 11.3 Å². The van der Waals surface area contributed by atoms with Crippen molar-refractivity contribution in [1.29, 1.82) is 0 Å². The number of rotatable bonds is 4. The van der Waals surface area contributed by atoms with Crippen molar-refractivity contribution >= 4 is 12.1 Å². The first-order chi connectivity index (χ1) is 9.44. The highest BCUT2D eigenvalue weighted by Gasteiger charge is 2.68. The van der Waals surface area contributed by atoms with Gasteiger partial charge in [-0.15, -0.1) is 0 Å². The Kier molecular flexibility index (Phi) is 2.17. The van der Waals surface area contributed by atoms with Crippen molar-refractivity contribution in [3.8, 4) is 0 Å². The van der Waals surface area contributed by atoms with E-state index in [0.717, 1.165) is 0 Å². The van der Waals surface area contributed by atoms with Crippen molar-refractivity contribution in [2.45, 2.75) is 37.4 Å². The largest absolute Gasteiger partial charge is 0.371 e. The number of hydrogen-bond donors (Lipinski definition) is 2. The predicted molar refractivity (Wildman–Crippen MR) is 66.8 cm³/mol. The third kappa shape index (κ3) is 1.49. The molecule has 4 saturated heterocycles. The summed E-state index contributed by atoms with van der Waals surface area (Å²) in [5.74, 6) is 0. The van der Waals surface area contributed by atoms with Gasteiger partial charge in [0.25, 0.3) is 0 Å². The normalized spacial score (nSPS) is 45.3. The number of fused-ring (bicyclic) bond motifs is 1. The minimum Gasteiger partial charge on any atom is -0.371 e. The summed E-state index contributed by atoms with van der Waals surface area (Å²) in [5, 5.41) is 5.77. The van der Waals surface area contributed by atoms with Crippen LogP contribution in [-0.4, -0.2) is 71.7 Å². The first-order valence-corrected chi connectivity index (χ1v) is 6.87. The van der Waals surface area contributed by atoms with E-state index in [4.69, 9.17) is 9.47 Å². The zero-order chi connectivity index (χ0) is 14.1. The number of nitrogens with one attached hydrogen (secondary N) is 2. The monoisotopic (exact) mass is 282 g/mol. The molecule has 2 unspecified atom stereocenters. The standard InChI is InChI=1S/C12H18N4O4/c1-11-12(2,15(9(17)13-11)3-7-5-19-7)16(10(18)14-11)4-8-6-20-8/h7-8H,3-6H2,1-2H3,(H,13,17)(H,14,18). The van der Waals surface area contributed by atoms with Gasteiger partial charge in [0.05, 0.1) is 38.5 Å². The highest BCUT2D eigenvalue weighted by Crippen LogP contribution is 2.42. The third-order valence-corrected chi connectivity index (χ3v) is 4.78. The number of carbonyl (C=O) groups excluding carboxylic acids is 2. The van der Waals surface area contributed by atoms with Crippen LogP contribution >= 0.6 is 0 Å². The summed E-state index contributed by atoms with van der Waals surface area (Å²) in [6, 6.07) is -0.348. The van der Waals surface area contributed by atoms with Gasteiger partial charge in [-0.3, -0.25) is 9.80 Å². The SMILES string of the molecule is CC12NC(=O)N(CC3CO3)C1(C)N(CC1CO1)C(=O)N2. The van der Waals surface area contributed by atoms with Gasteiger partial charge in [-0.05, 0) is 13.8 Å². The fourth-order valence-corrected chi connectivity index (χ4v) is 3.19. The van der Waals surface area contributed by atoms with E-state index in [2.05, 4.69) is 10.6 Å². The van der Waals surface area contributed by atoms with Gasteiger partial charge in [0.1, 0.15) is 0 Å². The van der Waals surface area contributed by atoms with Crippen molar-refractivity contribution in [2.75, 3.05) is 26.3 Å². The summed E-state index contributed by atoms with van der Waals surface area (Å²) in [4.78, 5) is 27.9. The van der Waals surface area contributed by atoms with E-state index in [1.165, 1.54) is 0 Å². The number of epoxide rings is 2. The molecular formula is C12H18N4O4.